The van der Waals surface area contributed by atoms with Crippen LogP contribution in [0.2, 0.25) is 0 Å². The van der Waals surface area contributed by atoms with E-state index in [1.807, 2.05) is 0 Å². The smallest absolute Gasteiger partial charge is 0.0810 e. The highest BCUT2D eigenvalue weighted by Crippen LogP contribution is 2.34. The molecule has 0 radical (unpaired) electrons. The first-order valence-electron chi connectivity index (χ1n) is 3.66. The molecule has 0 aromatic carbocycles. The van der Waals surface area contributed by atoms with Gasteiger partial charge in [-0.25, -0.2) is 4.21 Å². The lowest BCUT2D eigenvalue weighted by Crippen LogP contribution is -2.29. The van der Waals surface area contributed by atoms with Gasteiger partial charge in [0.15, 0.2) is 0 Å². The summed E-state index contributed by atoms with van der Waals surface area (Å²) in [4.78, 5) is 0. The van der Waals surface area contributed by atoms with Gasteiger partial charge in [-0.15, -0.1) is 12.3 Å². The molecular formula is C8H12OS2. The molecule has 1 heterocycles. The van der Waals surface area contributed by atoms with Crippen LogP contribution in [-0.2, 0) is 9.83 Å². The van der Waals surface area contributed by atoms with Crippen LogP contribution in [0.4, 0.5) is 0 Å². The standard InChI is InChI=1S/C8H12OS2/c1-4-8-6(2)5-11(9)10-7(8)3/h1,6-8H,5H2,2-3H3. The van der Waals surface area contributed by atoms with Crippen molar-refractivity contribution in [3.8, 4) is 12.3 Å². The van der Waals surface area contributed by atoms with E-state index in [2.05, 4.69) is 19.8 Å². The third-order valence-corrected chi connectivity index (χ3v) is 5.54. The number of rotatable bonds is 0. The average molecular weight is 188 g/mol. The van der Waals surface area contributed by atoms with E-state index in [-0.39, 0.29) is 0 Å². The Morgan fingerprint density at radius 1 is 1.64 bits per heavy atom. The maximum Gasteiger partial charge on any atom is 0.0810 e. The normalized spacial score (nSPS) is 44.8. The van der Waals surface area contributed by atoms with Crippen molar-refractivity contribution in [3.05, 3.63) is 0 Å². The van der Waals surface area contributed by atoms with Crippen LogP contribution in [0.5, 0.6) is 0 Å². The molecule has 62 valence electrons. The fraction of sp³-hybridized carbons (Fsp3) is 0.750. The number of hydrogen-bond donors (Lipinski definition) is 0. The SMILES string of the molecule is C#CC1C(C)CS(=O)SC1C. The molecule has 0 bridgehead atoms. The number of hydrogen-bond acceptors (Lipinski definition) is 2. The van der Waals surface area contributed by atoms with Gasteiger partial charge in [0.2, 0.25) is 0 Å². The third kappa shape index (κ3) is 2.00. The van der Waals surface area contributed by atoms with E-state index in [0.29, 0.717) is 17.1 Å². The molecule has 0 aliphatic carbocycles. The topological polar surface area (TPSA) is 17.1 Å². The van der Waals surface area contributed by atoms with Crippen LogP contribution in [0.15, 0.2) is 0 Å². The number of terminal acetylenes is 1. The molecule has 0 saturated carbocycles. The van der Waals surface area contributed by atoms with E-state index in [1.54, 1.807) is 0 Å². The van der Waals surface area contributed by atoms with Gasteiger partial charge in [0, 0.05) is 16.9 Å². The molecule has 1 fully saturated rings. The zero-order chi connectivity index (χ0) is 8.43. The summed E-state index contributed by atoms with van der Waals surface area (Å²) in [7, 11) is 0.806. The first-order chi connectivity index (χ1) is 5.15. The van der Waals surface area contributed by atoms with Crippen LogP contribution in [0.3, 0.4) is 0 Å². The van der Waals surface area contributed by atoms with Gasteiger partial charge in [-0.05, 0) is 5.92 Å². The van der Waals surface area contributed by atoms with Crippen molar-refractivity contribution < 1.29 is 4.21 Å². The average Bonchev–Trinajstić information content (AvgIpc) is 1.85. The summed E-state index contributed by atoms with van der Waals surface area (Å²) in [5, 5.41) is 0.351. The van der Waals surface area contributed by atoms with Gasteiger partial charge in [-0.1, -0.05) is 24.6 Å². The molecule has 0 spiro atoms. The molecule has 0 aromatic heterocycles. The fourth-order valence-electron chi connectivity index (χ4n) is 1.35. The molecule has 0 amide bonds. The maximum absolute atomic E-state index is 11.2. The Balaban J connectivity index is 2.68. The minimum Gasteiger partial charge on any atom is -0.248 e. The van der Waals surface area contributed by atoms with Crippen LogP contribution in [0.1, 0.15) is 13.8 Å². The molecule has 1 aliphatic heterocycles. The molecule has 4 unspecified atom stereocenters. The van der Waals surface area contributed by atoms with Crippen molar-refractivity contribution in [2.24, 2.45) is 11.8 Å². The fourth-order valence-corrected chi connectivity index (χ4v) is 5.12. The van der Waals surface area contributed by atoms with E-state index >= 15 is 0 Å². The molecule has 1 aliphatic rings. The molecule has 1 nitrogen and oxygen atoms in total. The van der Waals surface area contributed by atoms with Crippen LogP contribution >= 0.6 is 10.8 Å². The molecule has 1 saturated heterocycles. The largest absolute Gasteiger partial charge is 0.248 e. The second-order valence-electron chi connectivity index (χ2n) is 2.94. The Bertz CT molecular complexity index is 193. The summed E-state index contributed by atoms with van der Waals surface area (Å²) >= 11 is 0. The van der Waals surface area contributed by atoms with Gasteiger partial charge in [0.25, 0.3) is 0 Å². The van der Waals surface area contributed by atoms with Gasteiger partial charge >= 0.3 is 0 Å². The van der Waals surface area contributed by atoms with E-state index in [9.17, 15) is 4.21 Å². The van der Waals surface area contributed by atoms with Gasteiger partial charge in [-0.2, -0.15) is 0 Å². The van der Waals surface area contributed by atoms with Crippen molar-refractivity contribution in [2.75, 3.05) is 5.75 Å². The Morgan fingerprint density at radius 2 is 2.27 bits per heavy atom. The monoisotopic (exact) mass is 188 g/mol. The van der Waals surface area contributed by atoms with E-state index in [1.165, 1.54) is 10.8 Å². The summed E-state index contributed by atoms with van der Waals surface area (Å²) in [5.74, 6) is 4.24. The highest BCUT2D eigenvalue weighted by molar-refractivity contribution is 8.69. The summed E-state index contributed by atoms with van der Waals surface area (Å²) in [6, 6.07) is 0. The van der Waals surface area contributed by atoms with Gasteiger partial charge in [0.05, 0.1) is 9.83 Å². The zero-order valence-electron chi connectivity index (χ0n) is 6.74. The predicted octanol–water partition coefficient (Wildman–Crippen LogP) is 1.67. The van der Waals surface area contributed by atoms with Crippen LogP contribution < -0.4 is 0 Å². The van der Waals surface area contributed by atoms with E-state index in [4.69, 9.17) is 6.42 Å². The Kier molecular flexibility index (Phi) is 3.03. The first kappa shape index (κ1) is 9.15. The highest BCUT2D eigenvalue weighted by Gasteiger charge is 2.30. The third-order valence-electron chi connectivity index (χ3n) is 1.97. The van der Waals surface area contributed by atoms with Gasteiger partial charge in [-0.3, -0.25) is 0 Å². The van der Waals surface area contributed by atoms with Crippen molar-refractivity contribution in [3.63, 3.8) is 0 Å². The minimum atomic E-state index is -0.702. The van der Waals surface area contributed by atoms with Crippen molar-refractivity contribution in [2.45, 2.75) is 19.1 Å². The van der Waals surface area contributed by atoms with Crippen molar-refractivity contribution in [1.29, 1.82) is 0 Å². The van der Waals surface area contributed by atoms with Gasteiger partial charge in [0.1, 0.15) is 0 Å². The molecule has 0 N–H and O–H groups in total. The zero-order valence-corrected chi connectivity index (χ0v) is 8.37. The summed E-state index contributed by atoms with van der Waals surface area (Å²) in [5.41, 5.74) is 0. The quantitative estimate of drug-likeness (QED) is 0.425. The molecule has 1 rings (SSSR count). The highest BCUT2D eigenvalue weighted by atomic mass is 33.1. The summed E-state index contributed by atoms with van der Waals surface area (Å²) in [6.45, 7) is 4.14. The summed E-state index contributed by atoms with van der Waals surface area (Å²) in [6.07, 6.45) is 5.37. The van der Waals surface area contributed by atoms with E-state index in [0.717, 1.165) is 5.75 Å². The van der Waals surface area contributed by atoms with E-state index < -0.39 is 9.83 Å². The molecule has 3 heteroatoms. The molecule has 11 heavy (non-hydrogen) atoms. The van der Waals surface area contributed by atoms with Crippen LogP contribution in [0.25, 0.3) is 0 Å². The molecule has 0 aromatic rings. The maximum atomic E-state index is 11.2. The van der Waals surface area contributed by atoms with Crippen molar-refractivity contribution >= 4 is 20.6 Å². The lowest BCUT2D eigenvalue weighted by atomic mass is 9.94. The Hall–Kier alpha value is 0.0600. The second kappa shape index (κ2) is 3.64. The Morgan fingerprint density at radius 3 is 2.73 bits per heavy atom. The lowest BCUT2D eigenvalue weighted by molar-refractivity contribution is 0.478. The van der Waals surface area contributed by atoms with Crippen molar-refractivity contribution in [1.82, 2.24) is 0 Å². The lowest BCUT2D eigenvalue weighted by Gasteiger charge is -2.28. The Labute approximate surface area is 74.2 Å². The minimum absolute atomic E-state index is 0.303. The first-order valence-corrected chi connectivity index (χ1v) is 6.38. The molecular weight excluding hydrogens is 176 g/mol. The second-order valence-corrected chi connectivity index (χ2v) is 6.51. The molecule has 4 atom stereocenters. The predicted molar refractivity (Wildman–Crippen MR) is 51.5 cm³/mol. The van der Waals surface area contributed by atoms with Crippen LogP contribution in [-0.4, -0.2) is 15.2 Å². The van der Waals surface area contributed by atoms with Crippen LogP contribution in [0, 0.1) is 24.2 Å². The van der Waals surface area contributed by atoms with Gasteiger partial charge < -0.3 is 0 Å². The summed E-state index contributed by atoms with van der Waals surface area (Å²) < 4.78 is 11.2.